The Labute approximate surface area is 215 Å². The molecule has 0 radical (unpaired) electrons. The first-order chi connectivity index (χ1) is 16.9. The third-order valence-electron chi connectivity index (χ3n) is 7.28. The molecule has 1 saturated carbocycles. The molecule has 3 aliphatic rings. The number of alkyl halides is 1. The highest BCUT2D eigenvalue weighted by atomic mass is 35.5. The fourth-order valence-electron chi connectivity index (χ4n) is 4.92. The molecule has 9 heteroatoms. The highest BCUT2D eigenvalue weighted by molar-refractivity contribution is 6.42. The predicted octanol–water partition coefficient (Wildman–Crippen LogP) is 4.88. The monoisotopic (exact) mass is 520 g/mol. The Hall–Kier alpha value is -1.80. The lowest BCUT2D eigenvalue weighted by molar-refractivity contribution is 0.00840. The van der Waals surface area contributed by atoms with Crippen molar-refractivity contribution in [2.75, 3.05) is 26.3 Å². The zero-order valence-electron chi connectivity index (χ0n) is 19.9. The molecular formula is C26H31Cl2FN4O2. The van der Waals surface area contributed by atoms with Crippen LogP contribution in [0, 0.1) is 6.92 Å². The van der Waals surface area contributed by atoms with Gasteiger partial charge in [-0.05, 0) is 56.7 Å². The lowest BCUT2D eigenvalue weighted by Crippen LogP contribution is -2.52. The van der Waals surface area contributed by atoms with E-state index in [1.54, 1.807) is 6.07 Å². The van der Waals surface area contributed by atoms with Crippen LogP contribution in [-0.2, 0) is 11.2 Å². The Morgan fingerprint density at radius 2 is 1.91 bits per heavy atom. The third kappa shape index (κ3) is 5.79. The quantitative estimate of drug-likeness (QED) is 0.587. The zero-order valence-corrected chi connectivity index (χ0v) is 21.4. The molecule has 0 bridgehead atoms. The van der Waals surface area contributed by atoms with E-state index in [-0.39, 0.29) is 24.6 Å². The number of carbonyl (C=O) groups is 1. The van der Waals surface area contributed by atoms with Crippen LogP contribution >= 0.6 is 23.2 Å². The van der Waals surface area contributed by atoms with Gasteiger partial charge in [0.1, 0.15) is 17.7 Å². The normalized spacial score (nSPS) is 23.5. The van der Waals surface area contributed by atoms with Gasteiger partial charge in [0.25, 0.3) is 5.91 Å². The summed E-state index contributed by atoms with van der Waals surface area (Å²) in [5.74, 6) is 1.05. The van der Waals surface area contributed by atoms with Crippen molar-refractivity contribution >= 4 is 29.1 Å². The Balaban J connectivity index is 1.30. The number of likely N-dealkylation sites (tertiary alicyclic amines) is 1. The van der Waals surface area contributed by atoms with Crippen LogP contribution in [0.1, 0.15) is 71.2 Å². The van der Waals surface area contributed by atoms with Crippen LogP contribution in [0.25, 0.3) is 0 Å². The van der Waals surface area contributed by atoms with Gasteiger partial charge in [-0.1, -0.05) is 29.3 Å². The number of benzene rings is 1. The van der Waals surface area contributed by atoms with Gasteiger partial charge in [0, 0.05) is 49.7 Å². The van der Waals surface area contributed by atoms with Crippen molar-refractivity contribution in [3.63, 3.8) is 0 Å². The molecule has 0 unspecified atom stereocenters. The molecule has 35 heavy (non-hydrogen) atoms. The van der Waals surface area contributed by atoms with E-state index in [1.807, 2.05) is 24.0 Å². The molecule has 2 saturated heterocycles. The standard InChI is InChI=1S/C26H31Cl2FN4O2/c1-15-23(13-16-2-5-19(27)20(28)12-16)31-25(17-3-4-17)32-24(15)26(34)33-9-6-18(7-10-33)30-22-8-11-35-14-21(22)29/h2,5,12,17-18,21-22,30H,3-4,6-11,13-14H2,1H3/t21-,22+/m0/s1. The second-order valence-corrected chi connectivity index (χ2v) is 10.7. The van der Waals surface area contributed by atoms with Gasteiger partial charge in [0.05, 0.1) is 22.3 Å². The number of hydrogen-bond donors (Lipinski definition) is 1. The van der Waals surface area contributed by atoms with E-state index in [9.17, 15) is 9.18 Å². The van der Waals surface area contributed by atoms with E-state index in [0.29, 0.717) is 54.2 Å². The van der Waals surface area contributed by atoms with Gasteiger partial charge in [-0.25, -0.2) is 14.4 Å². The number of amides is 1. The number of carbonyl (C=O) groups excluding carboxylic acids is 1. The molecule has 1 aromatic carbocycles. The third-order valence-corrected chi connectivity index (χ3v) is 8.02. The summed E-state index contributed by atoms with van der Waals surface area (Å²) < 4.78 is 19.3. The average Bonchev–Trinajstić information content (AvgIpc) is 3.70. The van der Waals surface area contributed by atoms with Crippen molar-refractivity contribution < 1.29 is 13.9 Å². The summed E-state index contributed by atoms with van der Waals surface area (Å²) >= 11 is 12.3. The minimum absolute atomic E-state index is 0.0462. The van der Waals surface area contributed by atoms with Crippen molar-refractivity contribution in [1.29, 1.82) is 0 Å². The summed E-state index contributed by atoms with van der Waals surface area (Å²) in [6.07, 6.45) is 3.99. The SMILES string of the molecule is Cc1c(Cc2ccc(Cl)c(Cl)c2)nc(C2CC2)nc1C(=O)N1CCC(N[C@@H]2CCOC[C@@H]2F)CC1. The zero-order chi connectivity index (χ0) is 24.5. The summed E-state index contributed by atoms with van der Waals surface area (Å²) in [5.41, 5.74) is 3.16. The molecule has 2 atom stereocenters. The van der Waals surface area contributed by atoms with Crippen LogP contribution in [0.15, 0.2) is 18.2 Å². The second kappa shape index (κ2) is 10.7. The first-order valence-electron chi connectivity index (χ1n) is 12.5. The number of aromatic nitrogens is 2. The van der Waals surface area contributed by atoms with Crippen molar-refractivity contribution in [1.82, 2.24) is 20.2 Å². The van der Waals surface area contributed by atoms with Gasteiger partial charge >= 0.3 is 0 Å². The van der Waals surface area contributed by atoms with E-state index in [0.717, 1.165) is 48.3 Å². The smallest absolute Gasteiger partial charge is 0.272 e. The molecule has 2 aromatic rings. The molecule has 3 fully saturated rings. The number of halogens is 3. The van der Waals surface area contributed by atoms with Crippen molar-refractivity contribution in [3.05, 3.63) is 56.6 Å². The Morgan fingerprint density at radius 3 is 2.60 bits per heavy atom. The first-order valence-corrected chi connectivity index (χ1v) is 13.2. The maximum atomic E-state index is 14.1. The van der Waals surface area contributed by atoms with Crippen LogP contribution < -0.4 is 5.32 Å². The van der Waals surface area contributed by atoms with Crippen LogP contribution in [0.5, 0.6) is 0 Å². The van der Waals surface area contributed by atoms with E-state index >= 15 is 0 Å². The molecule has 2 aliphatic heterocycles. The van der Waals surface area contributed by atoms with Gasteiger partial charge < -0.3 is 15.0 Å². The summed E-state index contributed by atoms with van der Waals surface area (Å²) in [7, 11) is 0. The second-order valence-electron chi connectivity index (χ2n) is 9.92. The minimum Gasteiger partial charge on any atom is -0.378 e. The van der Waals surface area contributed by atoms with Crippen LogP contribution in [0.3, 0.4) is 0 Å². The summed E-state index contributed by atoms with van der Waals surface area (Å²) in [5, 5.41) is 4.48. The highest BCUT2D eigenvalue weighted by Gasteiger charge is 2.33. The van der Waals surface area contributed by atoms with Gasteiger partial charge in [-0.3, -0.25) is 4.79 Å². The Kier molecular flexibility index (Phi) is 7.58. The molecule has 0 spiro atoms. The average molecular weight is 521 g/mol. The van der Waals surface area contributed by atoms with Gasteiger partial charge in [0.15, 0.2) is 0 Å². The summed E-state index contributed by atoms with van der Waals surface area (Å²) in [6.45, 7) is 3.94. The van der Waals surface area contributed by atoms with Crippen molar-refractivity contribution in [2.45, 2.75) is 69.6 Å². The Morgan fingerprint density at radius 1 is 1.14 bits per heavy atom. The number of piperidine rings is 1. The highest BCUT2D eigenvalue weighted by Crippen LogP contribution is 2.39. The molecule has 188 valence electrons. The molecule has 1 aromatic heterocycles. The van der Waals surface area contributed by atoms with Crippen LogP contribution in [0.4, 0.5) is 4.39 Å². The van der Waals surface area contributed by atoms with E-state index in [2.05, 4.69) is 5.32 Å². The maximum absolute atomic E-state index is 14.1. The molecule has 1 amide bonds. The number of hydrogen-bond acceptors (Lipinski definition) is 5. The van der Waals surface area contributed by atoms with E-state index in [4.69, 9.17) is 37.9 Å². The summed E-state index contributed by atoms with van der Waals surface area (Å²) in [4.78, 5) is 25.0. The van der Waals surface area contributed by atoms with Gasteiger partial charge in [-0.15, -0.1) is 0 Å². The molecule has 5 rings (SSSR count). The summed E-state index contributed by atoms with van der Waals surface area (Å²) in [6, 6.07) is 5.62. The number of nitrogens with one attached hydrogen (secondary N) is 1. The largest absolute Gasteiger partial charge is 0.378 e. The van der Waals surface area contributed by atoms with Crippen LogP contribution in [0.2, 0.25) is 10.0 Å². The van der Waals surface area contributed by atoms with Gasteiger partial charge in [-0.2, -0.15) is 0 Å². The van der Waals surface area contributed by atoms with Crippen LogP contribution in [-0.4, -0.2) is 65.3 Å². The Bertz CT molecular complexity index is 1090. The predicted molar refractivity (Wildman–Crippen MR) is 134 cm³/mol. The fraction of sp³-hybridized carbons (Fsp3) is 0.577. The molecule has 1 aliphatic carbocycles. The molecule has 1 N–H and O–H groups in total. The van der Waals surface area contributed by atoms with Crippen molar-refractivity contribution in [2.24, 2.45) is 0 Å². The topological polar surface area (TPSA) is 67.4 Å². The first kappa shape index (κ1) is 24.9. The van der Waals surface area contributed by atoms with E-state index < -0.39 is 6.17 Å². The lowest BCUT2D eigenvalue weighted by Gasteiger charge is -2.36. The lowest BCUT2D eigenvalue weighted by atomic mass is 9.99. The minimum atomic E-state index is -0.970. The number of rotatable bonds is 6. The fourth-order valence-corrected chi connectivity index (χ4v) is 5.24. The number of ether oxygens (including phenoxy) is 1. The number of nitrogens with zero attached hydrogens (tertiary/aromatic N) is 3. The molecular weight excluding hydrogens is 490 g/mol. The maximum Gasteiger partial charge on any atom is 0.272 e. The van der Waals surface area contributed by atoms with Crippen molar-refractivity contribution in [3.8, 4) is 0 Å². The molecule has 6 nitrogen and oxygen atoms in total. The molecule has 3 heterocycles. The van der Waals surface area contributed by atoms with E-state index in [1.165, 1.54) is 0 Å². The van der Waals surface area contributed by atoms with Gasteiger partial charge in [0.2, 0.25) is 0 Å².